The monoisotopic (exact) mass is 418 g/mol. The Morgan fingerprint density at radius 3 is 2.21 bits per heavy atom. The molecule has 2 aromatic carbocycles. The molecule has 29 heavy (non-hydrogen) atoms. The van der Waals surface area contributed by atoms with Crippen LogP contribution < -0.4 is 19.7 Å². The third kappa shape index (κ3) is 5.07. The Bertz CT molecular complexity index is 952. The van der Waals surface area contributed by atoms with Gasteiger partial charge in [0.1, 0.15) is 0 Å². The molecule has 156 valence electrons. The van der Waals surface area contributed by atoms with Gasteiger partial charge < -0.3 is 9.47 Å². The van der Waals surface area contributed by atoms with E-state index in [2.05, 4.69) is 10.3 Å². The highest BCUT2D eigenvalue weighted by Crippen LogP contribution is 2.33. The fourth-order valence-corrected chi connectivity index (χ4v) is 4.42. The Morgan fingerprint density at radius 2 is 1.59 bits per heavy atom. The summed E-state index contributed by atoms with van der Waals surface area (Å²) in [6, 6.07) is 11.4. The highest BCUT2D eigenvalue weighted by molar-refractivity contribution is 7.89. The fourth-order valence-electron chi connectivity index (χ4n) is 3.58. The van der Waals surface area contributed by atoms with Gasteiger partial charge in [0, 0.05) is 5.56 Å². The number of hydrogen-bond acceptors (Lipinski definition) is 5. The largest absolute Gasteiger partial charge is 0.493 e. The summed E-state index contributed by atoms with van der Waals surface area (Å²) in [6.07, 6.45) is 5.99. The minimum atomic E-state index is -3.88. The van der Waals surface area contributed by atoms with Crippen LogP contribution in [0.3, 0.4) is 0 Å². The third-order valence-electron chi connectivity index (χ3n) is 5.21. The highest BCUT2D eigenvalue weighted by atomic mass is 32.2. The normalized spacial score (nSPS) is 15.0. The summed E-state index contributed by atoms with van der Waals surface area (Å²) in [5.74, 6) is 0.746. The summed E-state index contributed by atoms with van der Waals surface area (Å²) in [6.45, 7) is 0. The second-order valence-electron chi connectivity index (χ2n) is 7.03. The zero-order valence-electron chi connectivity index (χ0n) is 16.6. The Hall–Kier alpha value is -2.58. The van der Waals surface area contributed by atoms with E-state index in [0.29, 0.717) is 17.4 Å². The maximum Gasteiger partial charge on any atom is 0.266 e. The third-order valence-corrected chi connectivity index (χ3v) is 6.48. The van der Waals surface area contributed by atoms with Crippen LogP contribution in [-0.2, 0) is 10.0 Å². The van der Waals surface area contributed by atoms with Crippen molar-refractivity contribution in [3.05, 3.63) is 53.6 Å². The van der Waals surface area contributed by atoms with Crippen LogP contribution in [0.25, 0.3) is 0 Å². The lowest BCUT2D eigenvalue weighted by Gasteiger charge is -2.22. The van der Waals surface area contributed by atoms with Crippen molar-refractivity contribution in [2.45, 2.75) is 42.9 Å². The lowest BCUT2D eigenvalue weighted by atomic mass is 9.84. The first-order valence-electron chi connectivity index (χ1n) is 9.59. The van der Waals surface area contributed by atoms with Crippen LogP contribution in [0.1, 0.15) is 53.9 Å². The molecule has 3 rings (SSSR count). The molecular formula is C21H26N2O5S. The molecule has 0 aromatic heterocycles. The molecule has 7 nitrogen and oxygen atoms in total. The van der Waals surface area contributed by atoms with E-state index < -0.39 is 15.9 Å². The summed E-state index contributed by atoms with van der Waals surface area (Å²) >= 11 is 0. The summed E-state index contributed by atoms with van der Waals surface area (Å²) in [5, 5.41) is 0. The Labute approximate surface area is 171 Å². The molecule has 0 heterocycles. The van der Waals surface area contributed by atoms with E-state index in [1.54, 1.807) is 18.2 Å². The van der Waals surface area contributed by atoms with E-state index >= 15 is 0 Å². The van der Waals surface area contributed by atoms with Crippen molar-refractivity contribution in [2.24, 2.45) is 0 Å². The molecule has 0 spiro atoms. The maximum absolute atomic E-state index is 12.5. The SMILES string of the molecule is COc1ccc(C(=O)NNS(=O)(=O)c2ccc(C3CCCCC3)cc2)cc1OC. The minimum Gasteiger partial charge on any atom is -0.493 e. The summed E-state index contributed by atoms with van der Waals surface area (Å²) in [4.78, 5) is 14.6. The first-order chi connectivity index (χ1) is 13.9. The smallest absolute Gasteiger partial charge is 0.266 e. The highest BCUT2D eigenvalue weighted by Gasteiger charge is 2.19. The van der Waals surface area contributed by atoms with Crippen LogP contribution >= 0.6 is 0 Å². The van der Waals surface area contributed by atoms with Gasteiger partial charge in [-0.2, -0.15) is 0 Å². The van der Waals surface area contributed by atoms with Gasteiger partial charge in [-0.3, -0.25) is 10.2 Å². The Kier molecular flexibility index (Phi) is 6.76. The average Bonchev–Trinajstić information content (AvgIpc) is 2.77. The zero-order valence-corrected chi connectivity index (χ0v) is 17.4. The van der Waals surface area contributed by atoms with E-state index in [4.69, 9.17) is 9.47 Å². The molecule has 2 N–H and O–H groups in total. The Balaban J connectivity index is 1.65. The Morgan fingerprint density at radius 1 is 0.931 bits per heavy atom. The predicted molar refractivity (Wildman–Crippen MR) is 110 cm³/mol. The first kappa shape index (κ1) is 21.1. The van der Waals surface area contributed by atoms with Gasteiger partial charge in [0.25, 0.3) is 15.9 Å². The number of amides is 1. The number of sulfonamides is 1. The van der Waals surface area contributed by atoms with E-state index in [9.17, 15) is 13.2 Å². The molecule has 1 amide bonds. The second-order valence-corrected chi connectivity index (χ2v) is 8.72. The van der Waals surface area contributed by atoms with E-state index in [-0.39, 0.29) is 10.5 Å². The van der Waals surface area contributed by atoms with Crippen LogP contribution in [-0.4, -0.2) is 28.5 Å². The molecule has 0 unspecified atom stereocenters. The van der Waals surface area contributed by atoms with Crippen LogP contribution in [0.4, 0.5) is 0 Å². The molecule has 0 atom stereocenters. The molecule has 0 bridgehead atoms. The van der Waals surface area contributed by atoms with Crippen molar-refractivity contribution >= 4 is 15.9 Å². The molecule has 2 aromatic rings. The number of carbonyl (C=O) groups is 1. The topological polar surface area (TPSA) is 93.7 Å². The number of ether oxygens (including phenoxy) is 2. The predicted octanol–water partition coefficient (Wildman–Crippen LogP) is 3.37. The van der Waals surface area contributed by atoms with Crippen molar-refractivity contribution in [1.29, 1.82) is 0 Å². The minimum absolute atomic E-state index is 0.102. The van der Waals surface area contributed by atoms with E-state index in [1.165, 1.54) is 45.6 Å². The number of hydrazine groups is 1. The van der Waals surface area contributed by atoms with Crippen molar-refractivity contribution < 1.29 is 22.7 Å². The van der Waals surface area contributed by atoms with Gasteiger partial charge in [0.2, 0.25) is 0 Å². The number of nitrogens with one attached hydrogen (secondary N) is 2. The first-order valence-corrected chi connectivity index (χ1v) is 11.1. The molecule has 1 aliphatic rings. The van der Waals surface area contributed by atoms with Gasteiger partial charge in [0.05, 0.1) is 19.1 Å². The number of methoxy groups -OCH3 is 2. The molecular weight excluding hydrogens is 392 g/mol. The summed E-state index contributed by atoms with van der Waals surface area (Å²) < 4.78 is 35.3. The van der Waals surface area contributed by atoms with Crippen LogP contribution in [0, 0.1) is 0 Å². The van der Waals surface area contributed by atoms with Gasteiger partial charge in [-0.1, -0.05) is 31.4 Å². The molecule has 1 fully saturated rings. The van der Waals surface area contributed by atoms with Crippen LogP contribution in [0.5, 0.6) is 11.5 Å². The molecule has 0 saturated heterocycles. The van der Waals surface area contributed by atoms with Crippen molar-refractivity contribution in [3.63, 3.8) is 0 Å². The van der Waals surface area contributed by atoms with E-state index in [0.717, 1.165) is 18.4 Å². The van der Waals surface area contributed by atoms with Gasteiger partial charge in [0.15, 0.2) is 11.5 Å². The molecule has 8 heteroatoms. The molecule has 0 radical (unpaired) electrons. The van der Waals surface area contributed by atoms with Gasteiger partial charge in [-0.15, -0.1) is 4.83 Å². The van der Waals surface area contributed by atoms with Crippen LogP contribution in [0.15, 0.2) is 47.4 Å². The second kappa shape index (κ2) is 9.28. The fraction of sp³-hybridized carbons (Fsp3) is 0.381. The summed E-state index contributed by atoms with van der Waals surface area (Å²) in [7, 11) is -0.928. The molecule has 0 aliphatic heterocycles. The van der Waals surface area contributed by atoms with Gasteiger partial charge in [-0.05, 0) is 54.7 Å². The lowest BCUT2D eigenvalue weighted by Crippen LogP contribution is -2.41. The summed E-state index contributed by atoms with van der Waals surface area (Å²) in [5.41, 5.74) is 3.63. The van der Waals surface area contributed by atoms with Crippen LogP contribution in [0.2, 0.25) is 0 Å². The van der Waals surface area contributed by atoms with Crippen molar-refractivity contribution in [3.8, 4) is 11.5 Å². The van der Waals surface area contributed by atoms with Crippen molar-refractivity contribution in [1.82, 2.24) is 10.3 Å². The number of rotatable bonds is 7. The molecule has 1 aliphatic carbocycles. The lowest BCUT2D eigenvalue weighted by molar-refractivity contribution is 0.0944. The van der Waals surface area contributed by atoms with E-state index in [1.807, 2.05) is 12.1 Å². The van der Waals surface area contributed by atoms with Crippen molar-refractivity contribution in [2.75, 3.05) is 14.2 Å². The quantitative estimate of drug-likeness (QED) is 0.673. The number of benzene rings is 2. The number of hydrogen-bond donors (Lipinski definition) is 2. The zero-order chi connectivity index (χ0) is 20.9. The molecule has 1 saturated carbocycles. The van der Waals surface area contributed by atoms with Gasteiger partial charge >= 0.3 is 0 Å². The average molecular weight is 419 g/mol. The maximum atomic E-state index is 12.5. The van der Waals surface area contributed by atoms with Gasteiger partial charge in [-0.25, -0.2) is 8.42 Å². The number of carbonyl (C=O) groups excluding carboxylic acids is 1. The standard InChI is InChI=1S/C21H26N2O5S/c1-27-19-13-10-17(14-20(19)28-2)21(24)22-23-29(25,26)18-11-8-16(9-12-18)15-6-4-3-5-7-15/h8-15,23H,3-7H2,1-2H3,(H,22,24).